The van der Waals surface area contributed by atoms with Crippen LogP contribution in [0.5, 0.6) is 0 Å². The Morgan fingerprint density at radius 1 is 1.44 bits per heavy atom. The third kappa shape index (κ3) is 4.02. The molecule has 10 N–H and O–H groups in total. The van der Waals surface area contributed by atoms with Crippen LogP contribution in [0.3, 0.4) is 0 Å². The van der Waals surface area contributed by atoms with Gasteiger partial charge in [0.25, 0.3) is 0 Å². The van der Waals surface area contributed by atoms with Gasteiger partial charge in [-0.3, -0.25) is 0 Å². The van der Waals surface area contributed by atoms with Crippen molar-refractivity contribution in [3.8, 4) is 12.3 Å². The summed E-state index contributed by atoms with van der Waals surface area (Å²) in [5.41, 5.74) is 5.47. The Hall–Kier alpha value is -2.32. The summed E-state index contributed by atoms with van der Waals surface area (Å²) in [7, 11) is -4.81. The van der Waals surface area contributed by atoms with E-state index in [2.05, 4.69) is 20.9 Å². The molecule has 0 saturated heterocycles. The number of nitrogens with two attached hydrogens (primary N) is 1. The first-order chi connectivity index (χ1) is 10.8. The molecule has 11 nitrogen and oxygen atoms in total. The lowest BCUT2D eigenvalue weighted by Crippen LogP contribution is -2.31. The zero-order valence-corrected chi connectivity index (χ0v) is 14.7. The van der Waals surface area contributed by atoms with Gasteiger partial charge >= 0.3 is 0 Å². The van der Waals surface area contributed by atoms with Crippen LogP contribution in [0.4, 0.5) is 5.82 Å². The van der Waals surface area contributed by atoms with Crippen LogP contribution < -0.4 is 27.8 Å². The molecule has 0 fully saturated rings. The smallest absolute Gasteiger partial charge is 0.165 e. The van der Waals surface area contributed by atoms with Crippen LogP contribution in [-0.2, 0) is 9.30 Å². The molecule has 0 bridgehead atoms. The Bertz CT molecular complexity index is 871. The third-order valence-electron chi connectivity index (χ3n) is 3.57. The Labute approximate surface area is 143 Å². The maximum absolute atomic E-state index is 10.8. The Morgan fingerprint density at radius 2 is 2.16 bits per heavy atom. The molecule has 12 heteroatoms. The zero-order valence-electron chi connectivity index (χ0n) is 13.8. The highest BCUT2D eigenvalue weighted by Crippen LogP contribution is 2.37. The van der Waals surface area contributed by atoms with E-state index in [-0.39, 0.29) is 30.6 Å². The van der Waals surface area contributed by atoms with Gasteiger partial charge in [0.1, 0.15) is 17.4 Å². The minimum absolute atomic E-state index is 0. The molecule has 1 aliphatic rings. The molecule has 0 saturated carbocycles. The maximum Gasteiger partial charge on any atom is 0.165 e. The number of nitrogens with zero attached hydrogens (tertiary/aromatic N) is 4. The molecule has 2 aromatic heterocycles. The van der Waals surface area contributed by atoms with Crippen molar-refractivity contribution >= 4 is 24.6 Å². The Morgan fingerprint density at radius 3 is 2.80 bits per heavy atom. The fourth-order valence-electron chi connectivity index (χ4n) is 2.47. The summed E-state index contributed by atoms with van der Waals surface area (Å²) in [6.07, 6.45) is 10.9. The average molecular weight is 369 g/mol. The molecule has 1 aliphatic carbocycles. The second-order valence-electron chi connectivity index (χ2n) is 5.13. The molecule has 136 valence electrons. The molecule has 0 unspecified atom stereocenters. The summed E-state index contributed by atoms with van der Waals surface area (Å²) in [5.74, 6) is 2.66. The molecule has 0 radical (unpaired) electrons. The van der Waals surface area contributed by atoms with Gasteiger partial charge in [0, 0.05) is 6.42 Å². The van der Waals surface area contributed by atoms with Gasteiger partial charge in [-0.25, -0.2) is 15.0 Å². The highest BCUT2D eigenvalue weighted by molar-refractivity contribution is 7.48. The van der Waals surface area contributed by atoms with E-state index in [9.17, 15) is 14.4 Å². The van der Waals surface area contributed by atoms with Crippen molar-refractivity contribution in [2.24, 2.45) is 0 Å². The minimum atomic E-state index is -4.81. The normalized spacial score (nSPS) is 22.2. The summed E-state index contributed by atoms with van der Waals surface area (Å²) in [5, 5.41) is 0. The van der Waals surface area contributed by atoms with E-state index in [0.29, 0.717) is 11.2 Å². The quantitative estimate of drug-likeness (QED) is 0.375. The lowest BCUT2D eigenvalue weighted by atomic mass is 10.0. The first kappa shape index (κ1) is 20.7. The number of hydrogen-bond acceptors (Lipinski definition) is 8. The van der Waals surface area contributed by atoms with E-state index in [1.807, 2.05) is 0 Å². The van der Waals surface area contributed by atoms with Gasteiger partial charge in [-0.1, -0.05) is 12.0 Å². The highest BCUT2D eigenvalue weighted by Gasteiger charge is 2.35. The number of ether oxygens (including phenoxy) is 1. The van der Waals surface area contributed by atoms with Gasteiger partial charge < -0.3 is 41.7 Å². The van der Waals surface area contributed by atoms with Crippen LogP contribution in [0.2, 0.25) is 0 Å². The molecular formula is C13H20N7O4P. The summed E-state index contributed by atoms with van der Waals surface area (Å²) in [6.45, 7) is 0. The van der Waals surface area contributed by atoms with Crippen molar-refractivity contribution in [1.82, 2.24) is 31.8 Å². The molecule has 2 heterocycles. The topological polar surface area (TPSA) is 215 Å². The molecular weight excluding hydrogens is 349 g/mol. The van der Waals surface area contributed by atoms with Crippen LogP contribution in [0, 0.1) is 12.3 Å². The minimum Gasteiger partial charge on any atom is -0.809 e. The van der Waals surface area contributed by atoms with Crippen LogP contribution in [0.1, 0.15) is 12.5 Å². The van der Waals surface area contributed by atoms with Crippen molar-refractivity contribution in [3.63, 3.8) is 0 Å². The van der Waals surface area contributed by atoms with Crippen LogP contribution in [-0.4, -0.2) is 31.5 Å². The van der Waals surface area contributed by atoms with Crippen molar-refractivity contribution in [3.05, 3.63) is 24.8 Å². The van der Waals surface area contributed by atoms with Gasteiger partial charge in [-0.05, 0) is 13.7 Å². The summed E-state index contributed by atoms with van der Waals surface area (Å²) in [6, 6.07) is -0.261. The second kappa shape index (κ2) is 7.28. The third-order valence-corrected chi connectivity index (χ3v) is 4.01. The van der Waals surface area contributed by atoms with Crippen LogP contribution in [0.25, 0.3) is 11.2 Å². The molecule has 3 rings (SSSR count). The van der Waals surface area contributed by atoms with Gasteiger partial charge in [0.05, 0.1) is 18.7 Å². The number of allylic oxidation sites excluding steroid dienone is 1. The van der Waals surface area contributed by atoms with Gasteiger partial charge in [0.15, 0.2) is 11.5 Å². The molecule has 0 spiro atoms. The summed E-state index contributed by atoms with van der Waals surface area (Å²) >= 11 is 0. The number of fused-ring (bicyclic) bond motifs is 1. The summed E-state index contributed by atoms with van der Waals surface area (Å²) in [4.78, 5) is 33.7. The van der Waals surface area contributed by atoms with Gasteiger partial charge in [-0.2, -0.15) is 0 Å². The molecule has 0 aromatic carbocycles. The molecule has 0 aliphatic heterocycles. The molecule has 2 aromatic rings. The second-order valence-corrected chi connectivity index (χ2v) is 6.61. The summed E-state index contributed by atoms with van der Waals surface area (Å²) < 4.78 is 17.7. The highest BCUT2D eigenvalue weighted by atomic mass is 31.2. The maximum atomic E-state index is 10.8. The van der Waals surface area contributed by atoms with Crippen molar-refractivity contribution < 1.29 is 19.1 Å². The first-order valence-electron chi connectivity index (χ1n) is 6.59. The number of aromatic nitrogens is 4. The van der Waals surface area contributed by atoms with Crippen molar-refractivity contribution in [2.75, 3.05) is 12.1 Å². The fourth-order valence-corrected chi connectivity index (χ4v) is 2.86. The van der Waals surface area contributed by atoms with Crippen LogP contribution in [0.15, 0.2) is 24.8 Å². The number of nitrogen functional groups attached to an aromatic ring is 1. The first-order valence-corrected chi connectivity index (χ1v) is 8.31. The molecule has 25 heavy (non-hydrogen) atoms. The van der Waals surface area contributed by atoms with Gasteiger partial charge in [-0.15, -0.1) is 6.42 Å². The number of rotatable bonds is 4. The van der Waals surface area contributed by atoms with E-state index < -0.39 is 19.5 Å². The number of terminal acetylenes is 1. The zero-order chi connectivity index (χ0) is 16.7. The predicted molar refractivity (Wildman–Crippen MR) is 89.6 cm³/mol. The monoisotopic (exact) mass is 369 g/mol. The predicted octanol–water partition coefficient (Wildman–Crippen LogP) is -0.0783. The molecule has 0 amide bonds. The average Bonchev–Trinajstić information content (AvgIpc) is 3.09. The van der Waals surface area contributed by atoms with Crippen molar-refractivity contribution in [1.29, 1.82) is 0 Å². The van der Waals surface area contributed by atoms with Gasteiger partial charge in [0.2, 0.25) is 0 Å². The standard InChI is InChI=1S/C13H14N5O4P.2H3N/c1-2-13(22-8-23(19,20)21)4-3-9(5-13)18-7-17-10-11(14)15-6-16-12(10)18;;/h1,3-4,6-7,9H,5,8H2,(H2,14,15,16)(H2,19,20,21);2*1H3/t9-,13+;;/m0../s1. The van der Waals surface area contributed by atoms with E-state index in [4.69, 9.17) is 16.9 Å². The van der Waals surface area contributed by atoms with Crippen LogP contribution >= 0.6 is 7.60 Å². The SMILES string of the molecule is C#C[C@@]1(OCP(=O)([O-])[O-])C=C[C@H](n2cnc3c(N)ncnc32)C1.[NH4+].[NH4+]. The number of hydrogen-bond donors (Lipinski definition) is 3. The van der Waals surface area contributed by atoms with E-state index >= 15 is 0 Å². The number of imidazole rings is 1. The Balaban J connectivity index is 0.00000156. The lowest BCUT2D eigenvalue weighted by Gasteiger charge is -2.33. The van der Waals surface area contributed by atoms with E-state index in [1.54, 1.807) is 23.0 Å². The van der Waals surface area contributed by atoms with E-state index in [1.165, 1.54) is 6.33 Å². The number of anilines is 1. The van der Waals surface area contributed by atoms with E-state index in [0.717, 1.165) is 0 Å². The largest absolute Gasteiger partial charge is 0.809 e. The lowest BCUT2D eigenvalue weighted by molar-refractivity contribution is -0.319. The fraction of sp³-hybridized carbons (Fsp3) is 0.308. The number of quaternary nitrogens is 2. The molecule has 2 atom stereocenters. The van der Waals surface area contributed by atoms with Crippen molar-refractivity contribution in [2.45, 2.75) is 18.1 Å². The Kier molecular flexibility index (Phi) is 6.04.